The average molecular weight is 286 g/mol. The van der Waals surface area contributed by atoms with Gasteiger partial charge in [0.1, 0.15) is 52.9 Å². The van der Waals surface area contributed by atoms with Crippen LogP contribution in [0.2, 0.25) is 0 Å². The molecular formula is C9H15B7F3NO. The van der Waals surface area contributed by atoms with Gasteiger partial charge in [-0.1, -0.05) is 0 Å². The largest absolute Gasteiger partial charge is 0.493 e. The summed E-state index contributed by atoms with van der Waals surface area (Å²) in [6, 6.07) is 0. The van der Waals surface area contributed by atoms with Gasteiger partial charge in [-0.15, -0.1) is 0 Å². The van der Waals surface area contributed by atoms with E-state index in [9.17, 15) is 13.2 Å². The van der Waals surface area contributed by atoms with Crippen LogP contribution in [-0.4, -0.2) is 71.1 Å². The summed E-state index contributed by atoms with van der Waals surface area (Å²) in [6.45, 7) is 0. The molecule has 0 radical (unpaired) electrons. The van der Waals surface area contributed by atoms with Crippen LogP contribution in [0.25, 0.3) is 0 Å². The second-order valence-electron chi connectivity index (χ2n) is 7.03. The molecule has 1 fully saturated rings. The number of nitrogens with one attached hydrogen (secondary N) is 1. The van der Waals surface area contributed by atoms with E-state index in [0.29, 0.717) is 0 Å². The molecule has 0 aromatic heterocycles. The van der Waals surface area contributed by atoms with Gasteiger partial charge in [0.05, 0.1) is 5.50 Å². The van der Waals surface area contributed by atoms with Crippen molar-refractivity contribution >= 4 is 65.8 Å². The zero-order chi connectivity index (χ0) is 16.4. The molecule has 0 atom stereocenters. The standard InChI is InChI=1S/C9H15B7F3NO/c10-1-3(17)2(11)6(5(19)4(1)18)21-7(12)8(13,14)20-9(7,15)16/h20H,10-16H2. The minimum atomic E-state index is -1.19. The molecule has 0 unspecified atom stereocenters. The zero-order valence-corrected chi connectivity index (χ0v) is 13.5. The number of rotatable bonds is 2. The Morgan fingerprint density at radius 2 is 1.24 bits per heavy atom. The summed E-state index contributed by atoms with van der Waals surface area (Å²) in [7, 11) is 12.1. The highest BCUT2D eigenvalue weighted by molar-refractivity contribution is 6.56. The van der Waals surface area contributed by atoms with Gasteiger partial charge in [-0.05, 0) is 21.6 Å². The second-order valence-corrected chi connectivity index (χ2v) is 7.03. The molecule has 0 spiro atoms. The quantitative estimate of drug-likeness (QED) is 0.431. The Morgan fingerprint density at radius 1 is 0.762 bits per heavy atom. The maximum absolute atomic E-state index is 14.2. The summed E-state index contributed by atoms with van der Waals surface area (Å²) in [4.78, 5) is 0. The Morgan fingerprint density at radius 3 is 1.67 bits per heavy atom. The van der Waals surface area contributed by atoms with Crippen molar-refractivity contribution in [2.24, 2.45) is 0 Å². The molecule has 1 saturated heterocycles. The summed E-state index contributed by atoms with van der Waals surface area (Å²) >= 11 is 0. The number of ether oxygens (including phenoxy) is 1. The van der Waals surface area contributed by atoms with E-state index in [1.54, 1.807) is 0 Å². The lowest BCUT2D eigenvalue weighted by atomic mass is 9.27. The van der Waals surface area contributed by atoms with Crippen LogP contribution in [0, 0.1) is 17.5 Å². The first-order valence-electron chi connectivity index (χ1n) is 6.98. The highest BCUT2D eigenvalue weighted by atomic mass is 19.2. The van der Waals surface area contributed by atoms with Gasteiger partial charge in [0, 0.05) is 0 Å². The Hall–Kier alpha value is -0.775. The van der Waals surface area contributed by atoms with Gasteiger partial charge in [0.2, 0.25) is 0 Å². The highest BCUT2D eigenvalue weighted by Crippen LogP contribution is 2.38. The molecule has 0 saturated carbocycles. The van der Waals surface area contributed by atoms with Gasteiger partial charge in [0.25, 0.3) is 0 Å². The van der Waals surface area contributed by atoms with Crippen molar-refractivity contribution in [3.8, 4) is 5.75 Å². The Labute approximate surface area is 129 Å². The van der Waals surface area contributed by atoms with E-state index in [1.165, 1.54) is 15.7 Å². The van der Waals surface area contributed by atoms with Crippen molar-refractivity contribution < 1.29 is 17.9 Å². The monoisotopic (exact) mass is 287 g/mol. The van der Waals surface area contributed by atoms with Gasteiger partial charge >= 0.3 is 0 Å². The smallest absolute Gasteiger partial charge is 0.199 e. The van der Waals surface area contributed by atoms with Crippen molar-refractivity contribution in [3.63, 3.8) is 0 Å². The van der Waals surface area contributed by atoms with E-state index >= 15 is 0 Å². The van der Waals surface area contributed by atoms with Gasteiger partial charge in [-0.25, -0.2) is 8.78 Å². The topological polar surface area (TPSA) is 21.3 Å². The normalized spacial score (nSPS) is 21.5. The molecule has 1 heterocycles. The lowest BCUT2D eigenvalue weighted by Gasteiger charge is -2.67. The summed E-state index contributed by atoms with van der Waals surface area (Å²) < 4.78 is 47.9. The van der Waals surface area contributed by atoms with Crippen molar-refractivity contribution in [1.82, 2.24) is 5.32 Å². The molecule has 21 heavy (non-hydrogen) atoms. The Balaban J connectivity index is 2.55. The molecule has 0 aliphatic carbocycles. The van der Waals surface area contributed by atoms with E-state index in [0.717, 1.165) is 0 Å². The maximum atomic E-state index is 14.2. The predicted molar refractivity (Wildman–Crippen MR) is 97.3 cm³/mol. The molecule has 1 aliphatic heterocycles. The molecule has 0 bridgehead atoms. The molecule has 2 rings (SSSR count). The molecule has 2 nitrogen and oxygen atoms in total. The molecule has 1 N–H and O–H groups in total. The van der Waals surface area contributed by atoms with Crippen molar-refractivity contribution in [3.05, 3.63) is 17.5 Å². The third-order valence-corrected chi connectivity index (χ3v) is 5.04. The summed E-state index contributed by atoms with van der Waals surface area (Å²) in [5, 5.41) is 2.41. The summed E-state index contributed by atoms with van der Waals surface area (Å²) in [5.41, 5.74) is -1.14. The van der Waals surface area contributed by atoms with Crippen LogP contribution < -0.4 is 21.0 Å². The van der Waals surface area contributed by atoms with Crippen LogP contribution in [0.15, 0.2) is 0 Å². The minimum absolute atomic E-state index is 0.00822. The lowest BCUT2D eigenvalue weighted by Crippen LogP contribution is -2.94. The number of benzene rings is 1. The van der Waals surface area contributed by atoms with Crippen LogP contribution in [0.3, 0.4) is 0 Å². The predicted octanol–water partition coefficient (Wildman–Crippen LogP) is -7.23. The Bertz CT molecular complexity index is 581. The third kappa shape index (κ3) is 2.09. The van der Waals surface area contributed by atoms with Crippen LogP contribution in [0.4, 0.5) is 13.2 Å². The van der Waals surface area contributed by atoms with Crippen LogP contribution in [0.1, 0.15) is 0 Å². The minimum Gasteiger partial charge on any atom is -0.493 e. The second kappa shape index (κ2) is 4.61. The Kier molecular flexibility index (Phi) is 3.64. The van der Waals surface area contributed by atoms with Crippen LogP contribution in [-0.2, 0) is 0 Å². The number of hydrogen-bond donors (Lipinski definition) is 1. The van der Waals surface area contributed by atoms with E-state index < -0.39 is 33.6 Å². The third-order valence-electron chi connectivity index (χ3n) is 5.04. The van der Waals surface area contributed by atoms with Gasteiger partial charge in [-0.2, -0.15) is 4.39 Å². The number of halogens is 3. The molecule has 12 heteroatoms. The average Bonchev–Trinajstić information content (AvgIpc) is 2.37. The van der Waals surface area contributed by atoms with Crippen molar-refractivity contribution in [2.45, 2.75) is 16.2 Å². The van der Waals surface area contributed by atoms with Crippen LogP contribution in [0.5, 0.6) is 5.75 Å². The first kappa shape index (κ1) is 16.6. The first-order chi connectivity index (χ1) is 9.36. The van der Waals surface area contributed by atoms with Gasteiger partial charge < -0.3 is 10.1 Å². The van der Waals surface area contributed by atoms with E-state index in [2.05, 4.69) is 5.32 Å². The zero-order valence-electron chi connectivity index (χ0n) is 13.5. The summed E-state index contributed by atoms with van der Waals surface area (Å²) in [6.07, 6.45) is 0. The van der Waals surface area contributed by atoms with Crippen molar-refractivity contribution in [2.75, 3.05) is 0 Å². The lowest BCUT2D eigenvalue weighted by molar-refractivity contribution is 0.0157. The van der Waals surface area contributed by atoms with Gasteiger partial charge in [0.15, 0.2) is 25.2 Å². The highest BCUT2D eigenvalue weighted by Gasteiger charge is 2.63. The van der Waals surface area contributed by atoms with Crippen LogP contribution >= 0.6 is 0 Å². The van der Waals surface area contributed by atoms with Gasteiger partial charge in [-0.3, -0.25) is 0 Å². The summed E-state index contributed by atoms with van der Waals surface area (Å²) in [5.74, 6) is -3.44. The molecular weight excluding hydrogens is 271 g/mol. The fraction of sp³-hybridized carbons (Fsp3) is 0.333. The molecule has 1 aromatic rings. The molecule has 0 amide bonds. The number of hydrogen-bond acceptors (Lipinski definition) is 2. The fourth-order valence-corrected chi connectivity index (χ4v) is 3.23. The first-order valence-corrected chi connectivity index (χ1v) is 6.98. The van der Waals surface area contributed by atoms with E-state index in [1.807, 2.05) is 39.2 Å². The van der Waals surface area contributed by atoms with E-state index in [-0.39, 0.29) is 16.7 Å². The molecule has 104 valence electrons. The molecule has 1 aromatic carbocycles. The molecule has 1 aliphatic rings. The van der Waals surface area contributed by atoms with Crippen molar-refractivity contribution in [1.29, 1.82) is 0 Å². The maximum Gasteiger partial charge on any atom is 0.199 e. The fourth-order valence-electron chi connectivity index (χ4n) is 3.23. The SMILES string of the molecule is Bc1c(F)c(B)c(OC2(B)C(B)(B)NC2(B)B)c(F)c1F. The van der Waals surface area contributed by atoms with E-state index in [4.69, 9.17) is 4.74 Å².